The van der Waals surface area contributed by atoms with Crippen LogP contribution >= 0.6 is 0 Å². The highest BCUT2D eigenvalue weighted by atomic mass is 16.3. The Morgan fingerprint density at radius 1 is 1.35 bits per heavy atom. The van der Waals surface area contributed by atoms with E-state index in [4.69, 9.17) is 0 Å². The average Bonchev–Trinajstić information content (AvgIpc) is 2.79. The molecule has 0 radical (unpaired) electrons. The predicted molar refractivity (Wildman–Crippen MR) is 92.4 cm³/mol. The molecule has 0 saturated heterocycles. The molecule has 124 valence electrons. The number of aryl methyl sites for hydroxylation is 1. The molecule has 2 saturated carbocycles. The second-order valence-electron chi connectivity index (χ2n) is 8.31. The fourth-order valence-corrected chi connectivity index (χ4v) is 6.16. The Kier molecular flexibility index (Phi) is 3.57. The number of rotatable bonds is 2. The molecule has 1 aromatic rings. The molecule has 1 unspecified atom stereocenters. The van der Waals surface area contributed by atoms with Crippen LogP contribution in [0.1, 0.15) is 56.1 Å². The molecule has 0 aliphatic heterocycles. The van der Waals surface area contributed by atoms with Gasteiger partial charge >= 0.3 is 0 Å². The first kappa shape index (κ1) is 15.3. The Labute approximate surface area is 139 Å². The molecule has 2 heteroatoms. The van der Waals surface area contributed by atoms with Gasteiger partial charge in [-0.25, -0.2) is 0 Å². The Morgan fingerprint density at radius 3 is 2.96 bits per heavy atom. The van der Waals surface area contributed by atoms with Crippen LogP contribution < -0.4 is 0 Å². The highest BCUT2D eigenvalue weighted by Crippen LogP contribution is 2.62. The van der Waals surface area contributed by atoms with Crippen molar-refractivity contribution in [1.29, 1.82) is 0 Å². The van der Waals surface area contributed by atoms with E-state index in [1.165, 1.54) is 24.0 Å². The highest BCUT2D eigenvalue weighted by molar-refractivity contribution is 5.40. The molecule has 0 amide bonds. The maximum absolute atomic E-state index is 10.9. The first-order chi connectivity index (χ1) is 11.0. The monoisotopic (exact) mass is 312 g/mol. The largest absolute Gasteiger partial charge is 0.508 e. The molecule has 4 rings (SSSR count). The lowest BCUT2D eigenvalue weighted by Crippen LogP contribution is -2.44. The van der Waals surface area contributed by atoms with Gasteiger partial charge in [-0.15, -0.1) is 6.58 Å². The van der Waals surface area contributed by atoms with Gasteiger partial charge in [0.25, 0.3) is 0 Å². The molecule has 0 spiro atoms. The zero-order chi connectivity index (χ0) is 16.2. The lowest BCUT2D eigenvalue weighted by atomic mass is 9.55. The summed E-state index contributed by atoms with van der Waals surface area (Å²) < 4.78 is 0. The standard InChI is InChI=1S/C21H28O2/c1-3-4-14-12-19-18-7-5-13-11-15(22)6-8-16(13)17(18)9-10-21(19,2)20(14)23/h3,6,8,11,14,17-20,22-23H,1,4-5,7,9-10,12H2,2H3/t14?,17-,18-,19+,20-,21+/m1/s1. The highest BCUT2D eigenvalue weighted by Gasteiger charge is 2.57. The Balaban J connectivity index is 1.67. The minimum absolute atomic E-state index is 0.0866. The maximum atomic E-state index is 10.9. The van der Waals surface area contributed by atoms with Crippen molar-refractivity contribution in [3.05, 3.63) is 42.0 Å². The van der Waals surface area contributed by atoms with E-state index in [2.05, 4.69) is 19.6 Å². The summed E-state index contributed by atoms with van der Waals surface area (Å²) >= 11 is 0. The molecule has 2 nitrogen and oxygen atoms in total. The van der Waals surface area contributed by atoms with E-state index in [0.717, 1.165) is 25.7 Å². The zero-order valence-corrected chi connectivity index (χ0v) is 14.0. The van der Waals surface area contributed by atoms with Crippen LogP contribution in [0.15, 0.2) is 30.9 Å². The first-order valence-corrected chi connectivity index (χ1v) is 9.15. The third-order valence-electron chi connectivity index (χ3n) is 7.30. The molecule has 0 heterocycles. The number of benzene rings is 1. The summed E-state index contributed by atoms with van der Waals surface area (Å²) in [4.78, 5) is 0. The number of hydrogen-bond acceptors (Lipinski definition) is 2. The van der Waals surface area contributed by atoms with Crippen molar-refractivity contribution in [1.82, 2.24) is 0 Å². The molecule has 3 aliphatic carbocycles. The van der Waals surface area contributed by atoms with Crippen LogP contribution in [0.25, 0.3) is 0 Å². The molecular weight excluding hydrogens is 284 g/mol. The minimum Gasteiger partial charge on any atom is -0.508 e. The van der Waals surface area contributed by atoms with Crippen molar-refractivity contribution in [2.45, 2.75) is 57.5 Å². The quantitative estimate of drug-likeness (QED) is 0.794. The van der Waals surface area contributed by atoms with Gasteiger partial charge in [-0.05, 0) is 90.9 Å². The summed E-state index contributed by atoms with van der Waals surface area (Å²) in [6, 6.07) is 5.96. The van der Waals surface area contributed by atoms with Gasteiger partial charge in [-0.1, -0.05) is 19.1 Å². The van der Waals surface area contributed by atoms with Gasteiger partial charge in [0.2, 0.25) is 0 Å². The van der Waals surface area contributed by atoms with Gasteiger partial charge in [0.05, 0.1) is 6.10 Å². The summed E-state index contributed by atoms with van der Waals surface area (Å²) in [5, 5.41) is 20.7. The summed E-state index contributed by atoms with van der Waals surface area (Å²) in [5.74, 6) is 2.72. The maximum Gasteiger partial charge on any atom is 0.115 e. The second-order valence-corrected chi connectivity index (χ2v) is 8.31. The van der Waals surface area contributed by atoms with E-state index < -0.39 is 0 Å². The van der Waals surface area contributed by atoms with E-state index >= 15 is 0 Å². The second kappa shape index (κ2) is 5.37. The first-order valence-electron chi connectivity index (χ1n) is 9.15. The number of hydrogen-bond donors (Lipinski definition) is 2. The average molecular weight is 312 g/mol. The van der Waals surface area contributed by atoms with Crippen molar-refractivity contribution in [3.8, 4) is 5.75 Å². The van der Waals surface area contributed by atoms with Gasteiger partial charge in [0.15, 0.2) is 0 Å². The van der Waals surface area contributed by atoms with Crippen LogP contribution in [0.4, 0.5) is 0 Å². The van der Waals surface area contributed by atoms with Crippen LogP contribution in [-0.4, -0.2) is 16.3 Å². The van der Waals surface area contributed by atoms with Crippen LogP contribution in [0.2, 0.25) is 0 Å². The Morgan fingerprint density at radius 2 is 2.17 bits per heavy atom. The molecule has 3 aliphatic rings. The van der Waals surface area contributed by atoms with Crippen LogP contribution in [-0.2, 0) is 6.42 Å². The van der Waals surface area contributed by atoms with Gasteiger partial charge < -0.3 is 10.2 Å². The van der Waals surface area contributed by atoms with E-state index in [1.807, 2.05) is 18.2 Å². The molecule has 0 bridgehead atoms. The van der Waals surface area contributed by atoms with Gasteiger partial charge in [0, 0.05) is 0 Å². The third kappa shape index (κ3) is 2.18. The number of aliphatic hydroxyl groups is 1. The van der Waals surface area contributed by atoms with Crippen molar-refractivity contribution in [2.24, 2.45) is 23.2 Å². The lowest BCUT2D eigenvalue weighted by Gasteiger charge is -2.50. The van der Waals surface area contributed by atoms with Crippen molar-refractivity contribution in [2.75, 3.05) is 0 Å². The van der Waals surface area contributed by atoms with Crippen molar-refractivity contribution in [3.63, 3.8) is 0 Å². The smallest absolute Gasteiger partial charge is 0.115 e. The molecule has 2 N–H and O–H groups in total. The zero-order valence-electron chi connectivity index (χ0n) is 14.0. The van der Waals surface area contributed by atoms with E-state index in [9.17, 15) is 10.2 Å². The van der Waals surface area contributed by atoms with Gasteiger partial charge in [0.1, 0.15) is 5.75 Å². The van der Waals surface area contributed by atoms with E-state index in [-0.39, 0.29) is 11.5 Å². The number of phenolic OH excluding ortho intramolecular Hbond substituents is 1. The Hall–Kier alpha value is -1.28. The number of phenols is 1. The van der Waals surface area contributed by atoms with Gasteiger partial charge in [-0.3, -0.25) is 0 Å². The van der Waals surface area contributed by atoms with Crippen molar-refractivity contribution < 1.29 is 10.2 Å². The normalized spacial score (nSPS) is 41.7. The minimum atomic E-state index is -0.173. The summed E-state index contributed by atoms with van der Waals surface area (Å²) in [6.45, 7) is 6.21. The van der Waals surface area contributed by atoms with Crippen molar-refractivity contribution >= 4 is 0 Å². The third-order valence-corrected chi connectivity index (χ3v) is 7.30. The molecule has 23 heavy (non-hydrogen) atoms. The van der Waals surface area contributed by atoms with E-state index in [1.54, 1.807) is 0 Å². The Bertz CT molecular complexity index is 622. The van der Waals surface area contributed by atoms with Gasteiger partial charge in [-0.2, -0.15) is 0 Å². The van der Waals surface area contributed by atoms with Crippen LogP contribution in [0, 0.1) is 23.2 Å². The molecule has 2 fully saturated rings. The summed E-state index contributed by atoms with van der Waals surface area (Å²) in [6.07, 6.45) is 8.46. The number of aliphatic hydroxyl groups excluding tert-OH is 1. The number of aromatic hydroxyl groups is 1. The molecular formula is C21H28O2. The fraction of sp³-hybridized carbons (Fsp3) is 0.619. The van der Waals surface area contributed by atoms with Crippen LogP contribution in [0.5, 0.6) is 5.75 Å². The number of fused-ring (bicyclic) bond motifs is 5. The number of allylic oxidation sites excluding steroid dienone is 1. The lowest BCUT2D eigenvalue weighted by molar-refractivity contribution is -0.0323. The van der Waals surface area contributed by atoms with Crippen LogP contribution in [0.3, 0.4) is 0 Å². The van der Waals surface area contributed by atoms with E-state index in [0.29, 0.717) is 29.4 Å². The summed E-state index contributed by atoms with van der Waals surface area (Å²) in [7, 11) is 0. The summed E-state index contributed by atoms with van der Waals surface area (Å²) in [5.41, 5.74) is 2.89. The molecule has 0 aromatic heterocycles. The molecule has 1 aromatic carbocycles. The predicted octanol–water partition coefficient (Wildman–Crippen LogP) is 4.41. The SMILES string of the molecule is C=CCC1C[C@H]2[C@@H]3CCc4cc(O)ccc4[C@H]3CC[C@]2(C)[C@@H]1O. The fourth-order valence-electron chi connectivity index (χ4n) is 6.16. The topological polar surface area (TPSA) is 40.5 Å². The molecule has 6 atom stereocenters.